The summed E-state index contributed by atoms with van der Waals surface area (Å²) in [4.78, 5) is 78.2. The number of ether oxygens (including phenoxy) is 2. The van der Waals surface area contributed by atoms with E-state index in [2.05, 4.69) is 79.1 Å². The summed E-state index contributed by atoms with van der Waals surface area (Å²) in [5.74, 6) is -2.80. The molecule has 0 unspecified atom stereocenters. The number of fused-ring (bicyclic) bond motifs is 6. The standard InChI is InChI=1S/C53H69N7O7/c1-12-45(61)59-29-41(32(5)33(59)6)50(63)57(10)47(31(3)4)49(62)55-43-26-35-17-14-18-36(25-35)37-21-22-44-39(27-37)40(48(58(44)13-2)38-19-15-23-54-46(38)34(7)66-11)28-53(8,9)30-67-52(65)42-20-16-24-60(56-42)51(43)64/h12,14-15,17-19,21-23,25,27,31-34,41-43,47,56H,1,13,16,20,24,26,28-30H2,2-11H3,(H,55,62)/t32-,33+,34-,41+,42-,43-,47-/m0/s1. The Morgan fingerprint density at radius 2 is 1.82 bits per heavy atom. The van der Waals surface area contributed by atoms with Crippen molar-refractivity contribution in [1.82, 2.24) is 35.1 Å². The van der Waals surface area contributed by atoms with E-state index in [4.69, 9.17) is 14.5 Å². The van der Waals surface area contributed by atoms with Crippen LogP contribution in [0.3, 0.4) is 0 Å². The number of aryl methyl sites for hydroxylation is 1. The number of likely N-dealkylation sites (tertiary alicyclic amines) is 1. The van der Waals surface area contributed by atoms with Crippen molar-refractivity contribution in [3.05, 3.63) is 90.3 Å². The Balaban J connectivity index is 1.29. The van der Waals surface area contributed by atoms with Gasteiger partial charge in [0.25, 0.3) is 5.91 Å². The van der Waals surface area contributed by atoms with Crippen molar-refractivity contribution in [2.75, 3.05) is 33.9 Å². The molecule has 5 heterocycles. The van der Waals surface area contributed by atoms with Crippen LogP contribution in [0.1, 0.15) is 91.2 Å². The molecule has 2 aromatic heterocycles. The summed E-state index contributed by atoms with van der Waals surface area (Å²) in [6.45, 7) is 21.0. The lowest BCUT2D eigenvalue weighted by Crippen LogP contribution is -2.62. The Morgan fingerprint density at radius 3 is 2.52 bits per heavy atom. The highest BCUT2D eigenvalue weighted by molar-refractivity contribution is 5.96. The molecule has 0 saturated carbocycles. The van der Waals surface area contributed by atoms with Gasteiger partial charge in [-0.1, -0.05) is 71.5 Å². The molecule has 3 aliphatic heterocycles. The van der Waals surface area contributed by atoms with E-state index < -0.39 is 47.2 Å². The number of carbonyl (C=O) groups excluding carboxylic acids is 5. The summed E-state index contributed by atoms with van der Waals surface area (Å²) in [6, 6.07) is 15.7. The Morgan fingerprint density at radius 1 is 1.07 bits per heavy atom. The van der Waals surface area contributed by atoms with Gasteiger partial charge >= 0.3 is 5.97 Å². The third-order valence-electron chi connectivity index (χ3n) is 14.3. The molecule has 7 rings (SSSR count). The van der Waals surface area contributed by atoms with Crippen molar-refractivity contribution in [2.24, 2.45) is 23.2 Å². The fraction of sp³-hybridized carbons (Fsp3) is 0.509. The number of likely N-dealkylation sites (N-methyl/N-ethyl adjacent to an activating group) is 1. The lowest BCUT2D eigenvalue weighted by Gasteiger charge is -2.37. The average molecular weight is 916 g/mol. The Bertz CT molecular complexity index is 2530. The van der Waals surface area contributed by atoms with Crippen molar-refractivity contribution >= 4 is 40.5 Å². The zero-order valence-electron chi connectivity index (χ0n) is 40.9. The molecule has 6 bridgehead atoms. The maximum absolute atomic E-state index is 14.8. The van der Waals surface area contributed by atoms with Crippen molar-refractivity contribution in [2.45, 2.75) is 118 Å². The Kier molecular flexibility index (Phi) is 14.8. The summed E-state index contributed by atoms with van der Waals surface area (Å²) in [5, 5.41) is 5.59. The first-order valence-electron chi connectivity index (χ1n) is 23.9. The van der Waals surface area contributed by atoms with Crippen LogP contribution < -0.4 is 10.7 Å². The van der Waals surface area contributed by atoms with Crippen molar-refractivity contribution in [3.8, 4) is 22.4 Å². The second-order valence-electron chi connectivity index (χ2n) is 19.9. The molecule has 7 atom stereocenters. The summed E-state index contributed by atoms with van der Waals surface area (Å²) in [6.07, 6.45) is 4.54. The fourth-order valence-corrected chi connectivity index (χ4v) is 10.4. The van der Waals surface area contributed by atoms with Gasteiger partial charge in [0.1, 0.15) is 18.1 Å². The number of cyclic esters (lactones) is 1. The molecule has 0 aliphatic carbocycles. The van der Waals surface area contributed by atoms with Gasteiger partial charge in [-0.25, -0.2) is 5.43 Å². The van der Waals surface area contributed by atoms with Gasteiger partial charge < -0.3 is 29.2 Å². The Labute approximate surface area is 395 Å². The number of hydrazine groups is 1. The van der Waals surface area contributed by atoms with Crippen molar-refractivity contribution in [1.29, 1.82) is 0 Å². The van der Waals surface area contributed by atoms with Gasteiger partial charge in [-0.05, 0) is 104 Å². The van der Waals surface area contributed by atoms with Gasteiger partial charge in [0.15, 0.2) is 0 Å². The lowest BCUT2D eigenvalue weighted by atomic mass is 9.84. The number of benzene rings is 2. The van der Waals surface area contributed by atoms with E-state index >= 15 is 0 Å². The first-order chi connectivity index (χ1) is 31.9. The van der Waals surface area contributed by atoms with E-state index in [1.54, 1.807) is 25.3 Å². The topological polar surface area (TPSA) is 155 Å². The van der Waals surface area contributed by atoms with E-state index in [-0.39, 0.29) is 55.4 Å². The van der Waals surface area contributed by atoms with Crippen LogP contribution >= 0.6 is 0 Å². The molecule has 0 radical (unpaired) electrons. The minimum atomic E-state index is -1.06. The first-order valence-corrected chi connectivity index (χ1v) is 23.9. The molecule has 2 N–H and O–H groups in total. The third-order valence-corrected chi connectivity index (χ3v) is 14.3. The predicted molar refractivity (Wildman–Crippen MR) is 259 cm³/mol. The molecule has 14 nitrogen and oxygen atoms in total. The first kappa shape index (κ1) is 49.1. The molecular weight excluding hydrogens is 847 g/mol. The molecule has 4 amide bonds. The van der Waals surface area contributed by atoms with Crippen LogP contribution in [0.5, 0.6) is 0 Å². The average Bonchev–Trinajstić information content (AvgIpc) is 3.79. The number of hydrogen-bond donors (Lipinski definition) is 2. The van der Waals surface area contributed by atoms with Gasteiger partial charge in [-0.3, -0.25) is 34.0 Å². The SMILES string of the molecule is C=CC(=O)N1C[C@@H](C(=O)N(C)[C@H](C(=O)N[C@H]2Cc3cccc(c3)-c3ccc4c(c3)c(c(-c3cccnc3[C@H](C)OC)n4CC)CC(C)(C)COC(=O)[C@@H]3CCCN(N3)C2=O)C(C)C)[C@@H](C)[C@H]1C. The number of esters is 1. The maximum Gasteiger partial charge on any atom is 0.324 e. The second kappa shape index (κ2) is 20.2. The number of methoxy groups -OCH3 is 1. The highest BCUT2D eigenvalue weighted by atomic mass is 16.5. The molecule has 14 heteroatoms. The lowest BCUT2D eigenvalue weighted by molar-refractivity contribution is -0.155. The van der Waals surface area contributed by atoms with Crippen LogP contribution in [0.15, 0.2) is 73.4 Å². The molecule has 3 aliphatic rings. The number of amides is 4. The van der Waals surface area contributed by atoms with E-state index in [0.29, 0.717) is 32.4 Å². The van der Waals surface area contributed by atoms with Crippen LogP contribution in [-0.4, -0.2) is 112 Å². The highest BCUT2D eigenvalue weighted by Crippen LogP contribution is 2.42. The van der Waals surface area contributed by atoms with Gasteiger partial charge in [0.05, 0.1) is 30.0 Å². The van der Waals surface area contributed by atoms with E-state index in [0.717, 1.165) is 50.1 Å². The zero-order valence-corrected chi connectivity index (χ0v) is 40.9. The monoisotopic (exact) mass is 916 g/mol. The molecule has 4 aromatic rings. The molecule has 67 heavy (non-hydrogen) atoms. The summed E-state index contributed by atoms with van der Waals surface area (Å²) in [5.41, 5.74) is 10.5. The quantitative estimate of drug-likeness (QED) is 0.128. The van der Waals surface area contributed by atoms with Crippen molar-refractivity contribution < 1.29 is 33.4 Å². The molecule has 358 valence electrons. The van der Waals surface area contributed by atoms with Crippen LogP contribution in [0, 0.1) is 23.2 Å². The van der Waals surface area contributed by atoms with Crippen LogP contribution in [0.2, 0.25) is 0 Å². The number of pyridine rings is 1. The van der Waals surface area contributed by atoms with E-state index in [9.17, 15) is 24.0 Å². The van der Waals surface area contributed by atoms with Gasteiger partial charge in [0, 0.05) is 74.3 Å². The number of carbonyl (C=O) groups is 5. The molecule has 2 saturated heterocycles. The second-order valence-corrected chi connectivity index (χ2v) is 19.9. The number of aromatic nitrogens is 2. The van der Waals surface area contributed by atoms with Crippen molar-refractivity contribution in [3.63, 3.8) is 0 Å². The molecule has 0 spiro atoms. The number of rotatable bonds is 10. The summed E-state index contributed by atoms with van der Waals surface area (Å²) in [7, 11) is 3.31. The van der Waals surface area contributed by atoms with E-state index in [1.807, 2.05) is 52.8 Å². The molecule has 2 fully saturated rings. The largest absolute Gasteiger partial charge is 0.464 e. The predicted octanol–water partition coefficient (Wildman–Crippen LogP) is 6.90. The highest BCUT2D eigenvalue weighted by Gasteiger charge is 2.45. The fourth-order valence-electron chi connectivity index (χ4n) is 10.4. The maximum atomic E-state index is 14.8. The molecular formula is C53H69N7O7. The minimum absolute atomic E-state index is 0.134. The van der Waals surface area contributed by atoms with E-state index in [1.165, 1.54) is 16.0 Å². The minimum Gasteiger partial charge on any atom is -0.464 e. The van der Waals surface area contributed by atoms with Crippen LogP contribution in [-0.2, 0) is 52.8 Å². The summed E-state index contributed by atoms with van der Waals surface area (Å²) < 4.78 is 14.3. The van der Waals surface area contributed by atoms with Crippen LogP contribution in [0.25, 0.3) is 33.3 Å². The number of nitrogens with one attached hydrogen (secondary N) is 2. The Hall–Kier alpha value is -5.86. The number of hydrogen-bond acceptors (Lipinski definition) is 9. The smallest absolute Gasteiger partial charge is 0.324 e. The third kappa shape index (κ3) is 9.92. The van der Waals surface area contributed by atoms with Crippen LogP contribution in [0.4, 0.5) is 0 Å². The number of nitrogens with zero attached hydrogens (tertiary/aromatic N) is 5. The molecule has 2 aromatic carbocycles. The van der Waals surface area contributed by atoms with Gasteiger partial charge in [-0.2, -0.15) is 0 Å². The van der Waals surface area contributed by atoms with Gasteiger partial charge in [0.2, 0.25) is 17.7 Å². The zero-order chi connectivity index (χ0) is 48.5. The normalized spacial score (nSPS) is 23.1. The van der Waals surface area contributed by atoms with Gasteiger partial charge in [-0.15, -0.1) is 0 Å². The summed E-state index contributed by atoms with van der Waals surface area (Å²) >= 11 is 0.